The lowest BCUT2D eigenvalue weighted by molar-refractivity contribution is -0.385. The molecular weight excluding hydrogens is 352 g/mol. The third kappa shape index (κ3) is 5.27. The summed E-state index contributed by atoms with van der Waals surface area (Å²) in [6.45, 7) is 1.86. The van der Waals surface area contributed by atoms with Gasteiger partial charge in [0.2, 0.25) is 0 Å². The molecule has 0 unspecified atom stereocenters. The van der Waals surface area contributed by atoms with Crippen LogP contribution in [0.1, 0.15) is 22.8 Å². The van der Waals surface area contributed by atoms with E-state index < -0.39 is 16.8 Å². The maximum absolute atomic E-state index is 12.9. The predicted octanol–water partition coefficient (Wildman–Crippen LogP) is 2.81. The normalized spacial score (nSPS) is 10.1. The van der Waals surface area contributed by atoms with Crippen molar-refractivity contribution in [3.05, 3.63) is 69.8 Å². The van der Waals surface area contributed by atoms with Crippen molar-refractivity contribution in [2.24, 2.45) is 0 Å². The van der Waals surface area contributed by atoms with Crippen LogP contribution >= 0.6 is 0 Å². The Bertz CT molecular complexity index is 822. The summed E-state index contributed by atoms with van der Waals surface area (Å²) in [6.07, 6.45) is 0. The van der Waals surface area contributed by atoms with E-state index in [0.29, 0.717) is 0 Å². The Morgan fingerprint density at radius 2 is 1.85 bits per heavy atom. The summed E-state index contributed by atoms with van der Waals surface area (Å²) in [4.78, 5) is 36.6. The molecule has 0 fully saturated rings. The number of carbonyl (C=O) groups excluding carboxylic acids is 2. The van der Waals surface area contributed by atoms with E-state index in [1.165, 1.54) is 24.1 Å². The molecule has 2 rings (SSSR count). The first-order valence-electron chi connectivity index (χ1n) is 8.27. The van der Waals surface area contributed by atoms with E-state index in [1.807, 2.05) is 30.3 Å². The lowest BCUT2D eigenvalue weighted by Crippen LogP contribution is -2.35. The van der Waals surface area contributed by atoms with Crippen LogP contribution in [0.5, 0.6) is 5.75 Å². The number of esters is 1. The molecule has 0 spiro atoms. The Morgan fingerprint density at radius 1 is 1.15 bits per heavy atom. The van der Waals surface area contributed by atoms with Gasteiger partial charge in [-0.3, -0.25) is 19.7 Å². The first kappa shape index (κ1) is 19.9. The number of ether oxygens (including phenoxy) is 2. The van der Waals surface area contributed by atoms with E-state index >= 15 is 0 Å². The molecule has 2 aromatic rings. The fraction of sp³-hybridized carbons (Fsp3) is 0.263. The third-order valence-corrected chi connectivity index (χ3v) is 3.75. The van der Waals surface area contributed by atoms with Crippen molar-refractivity contribution in [3.8, 4) is 5.75 Å². The fourth-order valence-electron chi connectivity index (χ4n) is 2.48. The number of nitro groups is 1. The van der Waals surface area contributed by atoms with E-state index in [0.717, 1.165) is 11.6 Å². The smallest absolute Gasteiger partial charge is 0.325 e. The average molecular weight is 372 g/mol. The molecule has 0 heterocycles. The maximum atomic E-state index is 12.9. The van der Waals surface area contributed by atoms with Gasteiger partial charge in [-0.2, -0.15) is 0 Å². The lowest BCUT2D eigenvalue weighted by atomic mass is 10.1. The van der Waals surface area contributed by atoms with Crippen molar-refractivity contribution in [1.29, 1.82) is 0 Å². The Labute approximate surface area is 156 Å². The van der Waals surface area contributed by atoms with Gasteiger partial charge >= 0.3 is 11.7 Å². The first-order valence-corrected chi connectivity index (χ1v) is 8.27. The van der Waals surface area contributed by atoms with Crippen LogP contribution in [0.2, 0.25) is 0 Å². The summed E-state index contributed by atoms with van der Waals surface area (Å²) < 4.78 is 9.89. The molecule has 0 aromatic heterocycles. The number of amides is 1. The van der Waals surface area contributed by atoms with Crippen molar-refractivity contribution in [2.75, 3.05) is 20.3 Å². The minimum Gasteiger partial charge on any atom is -0.487 e. The second-order valence-electron chi connectivity index (χ2n) is 5.60. The number of rotatable bonds is 8. The molecule has 0 bridgehead atoms. The number of hydrogen-bond acceptors (Lipinski definition) is 6. The summed E-state index contributed by atoms with van der Waals surface area (Å²) >= 11 is 0. The minimum atomic E-state index is -0.608. The monoisotopic (exact) mass is 372 g/mol. The molecule has 0 aliphatic heterocycles. The molecule has 142 valence electrons. The molecule has 0 saturated heterocycles. The minimum absolute atomic E-state index is 0.0848. The highest BCUT2D eigenvalue weighted by atomic mass is 16.6. The number of benzene rings is 2. The van der Waals surface area contributed by atoms with E-state index in [9.17, 15) is 19.7 Å². The number of methoxy groups -OCH3 is 1. The van der Waals surface area contributed by atoms with E-state index in [2.05, 4.69) is 4.74 Å². The van der Waals surface area contributed by atoms with E-state index in [4.69, 9.17) is 4.74 Å². The molecule has 0 aliphatic rings. The van der Waals surface area contributed by atoms with Crippen LogP contribution in [0.3, 0.4) is 0 Å². The number of carbonyl (C=O) groups is 2. The number of hydrogen-bond donors (Lipinski definition) is 0. The van der Waals surface area contributed by atoms with Gasteiger partial charge in [0.05, 0.1) is 18.6 Å². The van der Waals surface area contributed by atoms with Crippen LogP contribution in [0, 0.1) is 10.1 Å². The molecule has 1 amide bonds. The molecule has 2 aromatic carbocycles. The highest BCUT2D eigenvalue weighted by molar-refractivity contribution is 5.96. The SMILES string of the molecule is CCOc1ccc(C(=O)N(CC(=O)OC)Cc2ccccc2)cc1[N+](=O)[O-]. The standard InChI is InChI=1S/C19H20N2O6/c1-3-27-17-10-9-15(11-16(17)21(24)25)19(23)20(13-18(22)26-2)12-14-7-5-4-6-8-14/h4-11H,3,12-13H2,1-2H3. The first-order chi connectivity index (χ1) is 13.0. The summed E-state index contributed by atoms with van der Waals surface area (Å²) in [7, 11) is 1.23. The van der Waals surface area contributed by atoms with Gasteiger partial charge in [-0.1, -0.05) is 30.3 Å². The van der Waals surface area contributed by atoms with Crippen molar-refractivity contribution in [3.63, 3.8) is 0 Å². The lowest BCUT2D eigenvalue weighted by Gasteiger charge is -2.22. The van der Waals surface area contributed by atoms with Gasteiger partial charge < -0.3 is 14.4 Å². The van der Waals surface area contributed by atoms with Gasteiger partial charge in [0, 0.05) is 18.2 Å². The Balaban J connectivity index is 2.34. The predicted molar refractivity (Wildman–Crippen MR) is 97.5 cm³/mol. The van der Waals surface area contributed by atoms with Crippen LogP contribution in [0.15, 0.2) is 48.5 Å². The van der Waals surface area contributed by atoms with Gasteiger partial charge in [0.15, 0.2) is 5.75 Å². The molecular formula is C19H20N2O6. The number of nitrogens with zero attached hydrogens (tertiary/aromatic N) is 2. The van der Waals surface area contributed by atoms with Gasteiger partial charge in [0.1, 0.15) is 6.54 Å². The topological polar surface area (TPSA) is 99.0 Å². The Kier molecular flexibility index (Phi) is 6.87. The van der Waals surface area contributed by atoms with Gasteiger partial charge in [-0.15, -0.1) is 0 Å². The zero-order chi connectivity index (χ0) is 19.8. The van der Waals surface area contributed by atoms with Crippen LogP contribution in [0.4, 0.5) is 5.69 Å². The van der Waals surface area contributed by atoms with E-state index in [1.54, 1.807) is 6.92 Å². The molecule has 27 heavy (non-hydrogen) atoms. The molecule has 0 saturated carbocycles. The highest BCUT2D eigenvalue weighted by Gasteiger charge is 2.24. The second kappa shape index (κ2) is 9.33. The van der Waals surface area contributed by atoms with E-state index in [-0.39, 0.29) is 36.7 Å². The highest BCUT2D eigenvalue weighted by Crippen LogP contribution is 2.28. The summed E-state index contributed by atoms with van der Waals surface area (Å²) in [5.41, 5.74) is 0.598. The zero-order valence-electron chi connectivity index (χ0n) is 15.1. The third-order valence-electron chi connectivity index (χ3n) is 3.75. The van der Waals surface area contributed by atoms with Gasteiger partial charge in [0.25, 0.3) is 5.91 Å². The molecule has 0 atom stereocenters. The molecule has 8 heteroatoms. The average Bonchev–Trinajstić information content (AvgIpc) is 2.68. The summed E-state index contributed by atoms with van der Waals surface area (Å²) in [6, 6.07) is 13.1. The van der Waals surface area contributed by atoms with Crippen LogP contribution in [-0.2, 0) is 16.1 Å². The Morgan fingerprint density at radius 3 is 2.44 bits per heavy atom. The molecule has 0 radical (unpaired) electrons. The van der Waals surface area contributed by atoms with Crippen molar-refractivity contribution in [2.45, 2.75) is 13.5 Å². The van der Waals surface area contributed by atoms with Gasteiger partial charge in [-0.25, -0.2) is 0 Å². The van der Waals surface area contributed by atoms with Crippen molar-refractivity contribution >= 4 is 17.6 Å². The molecule has 0 N–H and O–H groups in total. The van der Waals surface area contributed by atoms with Crippen LogP contribution < -0.4 is 4.74 Å². The van der Waals surface area contributed by atoms with Crippen molar-refractivity contribution in [1.82, 2.24) is 4.90 Å². The van der Waals surface area contributed by atoms with Crippen molar-refractivity contribution < 1.29 is 24.0 Å². The largest absolute Gasteiger partial charge is 0.487 e. The van der Waals surface area contributed by atoms with Crippen LogP contribution in [-0.4, -0.2) is 42.0 Å². The zero-order valence-corrected chi connectivity index (χ0v) is 15.1. The fourth-order valence-corrected chi connectivity index (χ4v) is 2.48. The Hall–Kier alpha value is -3.42. The summed E-state index contributed by atoms with van der Waals surface area (Å²) in [5, 5.41) is 11.3. The maximum Gasteiger partial charge on any atom is 0.325 e. The van der Waals surface area contributed by atoms with Gasteiger partial charge in [-0.05, 0) is 24.6 Å². The molecule has 8 nitrogen and oxygen atoms in total. The van der Waals surface area contributed by atoms with Crippen LogP contribution in [0.25, 0.3) is 0 Å². The number of nitro benzene ring substituents is 1. The summed E-state index contributed by atoms with van der Waals surface area (Å²) in [5.74, 6) is -1.02. The molecule has 0 aliphatic carbocycles. The second-order valence-corrected chi connectivity index (χ2v) is 5.60. The quantitative estimate of drug-likeness (QED) is 0.401.